The normalized spacial score (nSPS) is 21.0. The van der Waals surface area contributed by atoms with Crippen molar-refractivity contribution in [2.75, 3.05) is 6.54 Å². The van der Waals surface area contributed by atoms with E-state index in [1.807, 2.05) is 60.7 Å². The third kappa shape index (κ3) is 6.29. The molecule has 8 heteroatoms. The number of benzene rings is 2. The second-order valence-corrected chi connectivity index (χ2v) is 9.93. The fraction of sp³-hybridized carbons (Fsp3) is 0.435. The molecule has 1 fully saturated rings. The Morgan fingerprint density at radius 3 is 2.32 bits per heavy atom. The molecule has 3 N–H and O–H groups in total. The minimum Gasteiger partial charge on any atom is -0.490 e. The van der Waals surface area contributed by atoms with E-state index < -0.39 is 22.2 Å². The molecule has 1 heterocycles. The summed E-state index contributed by atoms with van der Waals surface area (Å²) in [6.45, 7) is 3.83. The third-order valence-corrected chi connectivity index (χ3v) is 7.18. The number of carbonyl (C=O) groups is 1. The van der Waals surface area contributed by atoms with E-state index in [0.717, 1.165) is 11.3 Å². The number of nitrogens with two attached hydrogens (primary N) is 1. The van der Waals surface area contributed by atoms with Crippen molar-refractivity contribution in [1.82, 2.24) is 9.03 Å². The smallest absolute Gasteiger partial charge is 0.280 e. The van der Waals surface area contributed by atoms with E-state index in [0.29, 0.717) is 25.8 Å². The number of nitrogens with zero attached hydrogens (tertiary/aromatic N) is 1. The first-order valence-corrected chi connectivity index (χ1v) is 12.0. The highest BCUT2D eigenvalue weighted by Crippen LogP contribution is 2.27. The van der Waals surface area contributed by atoms with Crippen molar-refractivity contribution in [2.45, 2.75) is 51.3 Å². The summed E-state index contributed by atoms with van der Waals surface area (Å²) in [7, 11) is -3.91. The van der Waals surface area contributed by atoms with Gasteiger partial charge in [0.1, 0.15) is 17.9 Å². The molecule has 0 bridgehead atoms. The number of carbonyl (C=O) groups excluding carboxylic acids is 1. The summed E-state index contributed by atoms with van der Waals surface area (Å²) in [5, 5.41) is 0. The van der Waals surface area contributed by atoms with Crippen LogP contribution < -0.4 is 15.2 Å². The van der Waals surface area contributed by atoms with E-state index in [1.165, 1.54) is 4.31 Å². The molecular weight excluding hydrogens is 414 g/mol. The quantitative estimate of drug-likeness (QED) is 0.619. The lowest BCUT2D eigenvalue weighted by atomic mass is 9.95. The second kappa shape index (κ2) is 10.3. The molecule has 3 atom stereocenters. The van der Waals surface area contributed by atoms with E-state index in [1.54, 1.807) is 13.8 Å². The lowest BCUT2D eigenvalue weighted by Crippen LogP contribution is -2.57. The molecule has 0 aliphatic carbocycles. The van der Waals surface area contributed by atoms with Crippen LogP contribution in [0.3, 0.4) is 0 Å². The van der Waals surface area contributed by atoms with Gasteiger partial charge in [-0.1, -0.05) is 62.4 Å². The largest absolute Gasteiger partial charge is 0.490 e. The number of hydrogen-bond acceptors (Lipinski definition) is 4. The van der Waals surface area contributed by atoms with Crippen LogP contribution in [0.4, 0.5) is 0 Å². The van der Waals surface area contributed by atoms with Gasteiger partial charge in [-0.25, -0.2) is 0 Å². The Hall–Kier alpha value is -2.42. The molecule has 1 aliphatic heterocycles. The molecule has 1 saturated heterocycles. The molecule has 2 aromatic rings. The van der Waals surface area contributed by atoms with Crippen LogP contribution in [0.5, 0.6) is 5.75 Å². The minimum atomic E-state index is -3.91. The Balaban J connectivity index is 1.81. The number of ether oxygens (including phenoxy) is 1. The number of piperidine rings is 1. The first-order valence-electron chi connectivity index (χ1n) is 10.6. The molecule has 3 unspecified atom stereocenters. The Labute approximate surface area is 184 Å². The van der Waals surface area contributed by atoms with Gasteiger partial charge in [0.05, 0.1) is 0 Å². The van der Waals surface area contributed by atoms with Crippen molar-refractivity contribution in [3.63, 3.8) is 0 Å². The number of hydrogen-bond donors (Lipinski definition) is 2. The summed E-state index contributed by atoms with van der Waals surface area (Å²) in [6, 6.07) is 18.1. The molecule has 31 heavy (non-hydrogen) atoms. The van der Waals surface area contributed by atoms with Gasteiger partial charge in [0.15, 0.2) is 0 Å². The van der Waals surface area contributed by atoms with Crippen LogP contribution in [0.1, 0.15) is 32.3 Å². The highest BCUT2D eigenvalue weighted by Gasteiger charge is 2.39. The highest BCUT2D eigenvalue weighted by atomic mass is 32.2. The molecule has 0 saturated carbocycles. The van der Waals surface area contributed by atoms with Crippen molar-refractivity contribution < 1.29 is 17.9 Å². The first kappa shape index (κ1) is 23.2. The fourth-order valence-corrected chi connectivity index (χ4v) is 5.67. The van der Waals surface area contributed by atoms with Crippen LogP contribution in [0.15, 0.2) is 60.7 Å². The molecule has 2 aromatic carbocycles. The van der Waals surface area contributed by atoms with E-state index >= 15 is 0 Å². The molecule has 168 valence electrons. The van der Waals surface area contributed by atoms with Gasteiger partial charge in [-0.05, 0) is 36.5 Å². The van der Waals surface area contributed by atoms with E-state index in [9.17, 15) is 13.2 Å². The third-order valence-electron chi connectivity index (χ3n) is 5.53. The lowest BCUT2D eigenvalue weighted by molar-refractivity contribution is -0.120. The summed E-state index contributed by atoms with van der Waals surface area (Å²) in [6.07, 6.45) is 1.57. The van der Waals surface area contributed by atoms with E-state index in [-0.39, 0.29) is 18.1 Å². The topological polar surface area (TPSA) is 102 Å². The monoisotopic (exact) mass is 445 g/mol. The summed E-state index contributed by atoms with van der Waals surface area (Å²) in [5.41, 5.74) is 6.48. The van der Waals surface area contributed by atoms with Crippen molar-refractivity contribution in [3.8, 4) is 5.75 Å². The van der Waals surface area contributed by atoms with Gasteiger partial charge >= 0.3 is 0 Å². The predicted octanol–water partition coefficient (Wildman–Crippen LogP) is 2.49. The lowest BCUT2D eigenvalue weighted by Gasteiger charge is -2.39. The number of nitrogens with one attached hydrogen (secondary N) is 1. The van der Waals surface area contributed by atoms with Crippen LogP contribution in [-0.2, 0) is 21.4 Å². The molecule has 1 aliphatic rings. The maximum absolute atomic E-state index is 13.2. The zero-order chi connectivity index (χ0) is 22.4. The number of rotatable bonds is 9. The molecule has 1 amide bonds. The van der Waals surface area contributed by atoms with Gasteiger partial charge in [-0.15, -0.1) is 0 Å². The molecule has 0 aromatic heterocycles. The average molecular weight is 446 g/mol. The van der Waals surface area contributed by atoms with E-state index in [2.05, 4.69) is 4.72 Å². The van der Waals surface area contributed by atoms with Crippen molar-refractivity contribution in [2.24, 2.45) is 11.7 Å². The van der Waals surface area contributed by atoms with E-state index in [4.69, 9.17) is 10.5 Å². The zero-order valence-electron chi connectivity index (χ0n) is 18.0. The van der Waals surface area contributed by atoms with Gasteiger partial charge in [0, 0.05) is 19.0 Å². The molecule has 3 rings (SSSR count). The van der Waals surface area contributed by atoms with Gasteiger partial charge in [-0.2, -0.15) is 17.4 Å². The fourth-order valence-electron chi connectivity index (χ4n) is 3.93. The Bertz CT molecular complexity index is 951. The zero-order valence-corrected chi connectivity index (χ0v) is 18.8. The average Bonchev–Trinajstić information content (AvgIpc) is 2.73. The Kier molecular flexibility index (Phi) is 7.69. The van der Waals surface area contributed by atoms with Gasteiger partial charge in [-0.3, -0.25) is 4.79 Å². The number of amides is 1. The number of primary amides is 1. The summed E-state index contributed by atoms with van der Waals surface area (Å²) < 4.78 is 36.6. The van der Waals surface area contributed by atoms with Crippen molar-refractivity contribution in [3.05, 3.63) is 66.2 Å². The first-order chi connectivity index (χ1) is 14.8. The van der Waals surface area contributed by atoms with Crippen molar-refractivity contribution >= 4 is 16.1 Å². The second-order valence-electron chi connectivity index (χ2n) is 8.28. The van der Waals surface area contributed by atoms with Gasteiger partial charge in [0.25, 0.3) is 10.2 Å². The number of para-hydroxylation sites is 1. The van der Waals surface area contributed by atoms with Gasteiger partial charge in [0.2, 0.25) is 5.91 Å². The molecule has 7 nitrogen and oxygen atoms in total. The Morgan fingerprint density at radius 1 is 1.13 bits per heavy atom. The van der Waals surface area contributed by atoms with Crippen LogP contribution >= 0.6 is 0 Å². The maximum atomic E-state index is 13.2. The van der Waals surface area contributed by atoms with Crippen LogP contribution in [-0.4, -0.2) is 43.4 Å². The van der Waals surface area contributed by atoms with Gasteiger partial charge < -0.3 is 10.5 Å². The molecule has 0 radical (unpaired) electrons. The Morgan fingerprint density at radius 2 is 1.74 bits per heavy atom. The predicted molar refractivity (Wildman–Crippen MR) is 121 cm³/mol. The molecule has 0 spiro atoms. The van der Waals surface area contributed by atoms with Crippen LogP contribution in [0, 0.1) is 5.92 Å². The highest BCUT2D eigenvalue weighted by molar-refractivity contribution is 7.87. The SMILES string of the molecule is CC(C)C(NS(=O)(=O)N1CCC(Oc2ccccc2)CC1Cc1ccccc1)C(N)=O. The minimum absolute atomic E-state index is 0.0976. The summed E-state index contributed by atoms with van der Waals surface area (Å²) in [5.74, 6) is -0.159. The standard InChI is InChI=1S/C23H31N3O4S/c1-17(2)22(23(24)27)25-31(28,29)26-14-13-21(30-20-11-7-4-8-12-20)16-19(26)15-18-9-5-3-6-10-18/h3-12,17,19,21-22,25H,13-16H2,1-2H3,(H2,24,27). The summed E-state index contributed by atoms with van der Waals surface area (Å²) >= 11 is 0. The summed E-state index contributed by atoms with van der Waals surface area (Å²) in [4.78, 5) is 11.8. The van der Waals surface area contributed by atoms with Crippen LogP contribution in [0.25, 0.3) is 0 Å². The molecular formula is C23H31N3O4S. The maximum Gasteiger partial charge on any atom is 0.280 e. The van der Waals surface area contributed by atoms with Crippen molar-refractivity contribution in [1.29, 1.82) is 0 Å². The van der Waals surface area contributed by atoms with Crippen LogP contribution in [0.2, 0.25) is 0 Å².